The van der Waals surface area contributed by atoms with Gasteiger partial charge in [-0.1, -0.05) is 0 Å². The van der Waals surface area contributed by atoms with Crippen LogP contribution in [-0.4, -0.2) is 42.9 Å². The van der Waals surface area contributed by atoms with Crippen LogP contribution >= 0.6 is 0 Å². The maximum atomic E-state index is 12.9. The Morgan fingerprint density at radius 2 is 1.77 bits per heavy atom. The zero-order valence-corrected chi connectivity index (χ0v) is 17.3. The molecule has 0 radical (unpaired) electrons. The quantitative estimate of drug-likeness (QED) is 0.633. The van der Waals surface area contributed by atoms with Gasteiger partial charge < -0.3 is 24.8 Å². The van der Waals surface area contributed by atoms with Gasteiger partial charge in [-0.3, -0.25) is 9.59 Å². The zero-order valence-electron chi connectivity index (χ0n) is 17.3. The molecule has 1 aliphatic rings. The molecule has 2 amide bonds. The van der Waals surface area contributed by atoms with Crippen molar-refractivity contribution >= 4 is 23.3 Å². The second-order valence-electron chi connectivity index (χ2n) is 6.92. The van der Waals surface area contributed by atoms with Gasteiger partial charge in [0.2, 0.25) is 11.8 Å². The predicted octanol–water partition coefficient (Wildman–Crippen LogP) is 3.10. The molecule has 1 aromatic heterocycles. The highest BCUT2D eigenvalue weighted by Crippen LogP contribution is 2.35. The van der Waals surface area contributed by atoms with E-state index >= 15 is 0 Å². The molecule has 3 aromatic rings. The largest absolute Gasteiger partial charge is 0.497 e. The molecule has 0 saturated heterocycles. The number of methoxy groups -OCH3 is 3. The van der Waals surface area contributed by atoms with Gasteiger partial charge in [-0.2, -0.15) is 5.10 Å². The van der Waals surface area contributed by atoms with Crippen LogP contribution < -0.4 is 24.8 Å². The number of hydrogen-bond donors (Lipinski definition) is 2. The second-order valence-corrected chi connectivity index (χ2v) is 6.92. The maximum Gasteiger partial charge on any atom is 0.249 e. The molecule has 9 heteroatoms. The number of hydrogen-bond acceptors (Lipinski definition) is 6. The molecule has 0 bridgehead atoms. The normalized spacial score (nSPS) is 14.9. The summed E-state index contributed by atoms with van der Waals surface area (Å²) < 4.78 is 17.3. The van der Waals surface area contributed by atoms with E-state index in [1.807, 2.05) is 6.07 Å². The van der Waals surface area contributed by atoms with Gasteiger partial charge in [-0.05, 0) is 42.5 Å². The Bertz CT molecular complexity index is 1120. The molecular weight excluding hydrogens is 400 g/mol. The fourth-order valence-corrected chi connectivity index (χ4v) is 3.42. The summed E-state index contributed by atoms with van der Waals surface area (Å²) in [5.74, 6) is 1.72. The fraction of sp³-hybridized carbons (Fsp3) is 0.227. The number of amides is 2. The number of benzene rings is 2. The molecule has 31 heavy (non-hydrogen) atoms. The Kier molecular flexibility index (Phi) is 5.48. The summed E-state index contributed by atoms with van der Waals surface area (Å²) in [4.78, 5) is 25.2. The molecule has 2 heterocycles. The van der Waals surface area contributed by atoms with E-state index in [2.05, 4.69) is 15.7 Å². The number of carbonyl (C=O) groups is 2. The summed E-state index contributed by atoms with van der Waals surface area (Å²) in [6.07, 6.45) is -0.0119. The Hall–Kier alpha value is -4.01. The average molecular weight is 422 g/mol. The minimum absolute atomic E-state index is 0.0119. The molecule has 2 aromatic carbocycles. The van der Waals surface area contributed by atoms with Gasteiger partial charge >= 0.3 is 0 Å². The van der Waals surface area contributed by atoms with Crippen molar-refractivity contribution in [3.05, 3.63) is 48.5 Å². The standard InChI is InChI=1S/C22H22N4O5/c1-29-15-7-5-14(6-8-15)23-22(28)17-12-21(27)24-20-11-16(25-26(17)20)13-4-9-18(30-2)19(10-13)31-3/h4-11,17H,12H2,1-3H3,(H,23,28)(H,24,27)/t17-/m0/s1. The van der Waals surface area contributed by atoms with Crippen LogP contribution in [0.25, 0.3) is 11.3 Å². The third kappa shape index (κ3) is 4.02. The van der Waals surface area contributed by atoms with Crippen LogP contribution in [-0.2, 0) is 9.59 Å². The first-order chi connectivity index (χ1) is 15.0. The van der Waals surface area contributed by atoms with Crippen molar-refractivity contribution in [2.75, 3.05) is 32.0 Å². The van der Waals surface area contributed by atoms with Crippen molar-refractivity contribution in [1.29, 1.82) is 0 Å². The second kappa shape index (κ2) is 8.39. The van der Waals surface area contributed by atoms with Gasteiger partial charge in [0, 0.05) is 17.3 Å². The third-order valence-electron chi connectivity index (χ3n) is 5.02. The predicted molar refractivity (Wildman–Crippen MR) is 115 cm³/mol. The number of carbonyl (C=O) groups excluding carboxylic acids is 2. The van der Waals surface area contributed by atoms with Gasteiger partial charge in [0.25, 0.3) is 0 Å². The highest BCUT2D eigenvalue weighted by molar-refractivity contribution is 6.01. The van der Waals surface area contributed by atoms with E-state index < -0.39 is 6.04 Å². The molecule has 4 rings (SSSR count). The molecule has 0 unspecified atom stereocenters. The molecule has 2 N–H and O–H groups in total. The minimum atomic E-state index is -0.778. The van der Waals surface area contributed by atoms with E-state index in [1.54, 1.807) is 63.8 Å². The number of rotatable bonds is 6. The van der Waals surface area contributed by atoms with Crippen molar-refractivity contribution in [2.45, 2.75) is 12.5 Å². The minimum Gasteiger partial charge on any atom is -0.497 e. The molecule has 0 spiro atoms. The zero-order chi connectivity index (χ0) is 22.0. The Labute approximate surface area is 178 Å². The van der Waals surface area contributed by atoms with E-state index in [9.17, 15) is 9.59 Å². The molecule has 0 fully saturated rings. The molecule has 1 aliphatic heterocycles. The van der Waals surface area contributed by atoms with Crippen molar-refractivity contribution in [2.24, 2.45) is 0 Å². The molecule has 1 atom stereocenters. The summed E-state index contributed by atoms with van der Waals surface area (Å²) in [5.41, 5.74) is 1.97. The summed E-state index contributed by atoms with van der Waals surface area (Å²) in [6.45, 7) is 0. The van der Waals surface area contributed by atoms with E-state index in [0.29, 0.717) is 34.4 Å². The topological polar surface area (TPSA) is 104 Å². The van der Waals surface area contributed by atoms with Crippen molar-refractivity contribution in [3.8, 4) is 28.5 Å². The Morgan fingerprint density at radius 3 is 2.45 bits per heavy atom. The monoisotopic (exact) mass is 422 g/mol. The molecule has 0 saturated carbocycles. The van der Waals surface area contributed by atoms with Crippen LogP contribution in [0.4, 0.5) is 11.5 Å². The van der Waals surface area contributed by atoms with Gasteiger partial charge in [-0.25, -0.2) is 4.68 Å². The van der Waals surface area contributed by atoms with E-state index in [-0.39, 0.29) is 18.2 Å². The van der Waals surface area contributed by atoms with Crippen LogP contribution in [0.5, 0.6) is 17.2 Å². The van der Waals surface area contributed by atoms with Crippen LogP contribution in [0, 0.1) is 0 Å². The van der Waals surface area contributed by atoms with Crippen molar-refractivity contribution < 1.29 is 23.8 Å². The first kappa shape index (κ1) is 20.3. The summed E-state index contributed by atoms with van der Waals surface area (Å²) in [7, 11) is 4.69. The highest BCUT2D eigenvalue weighted by Gasteiger charge is 2.32. The summed E-state index contributed by atoms with van der Waals surface area (Å²) >= 11 is 0. The Balaban J connectivity index is 1.62. The van der Waals surface area contributed by atoms with Crippen molar-refractivity contribution in [3.63, 3.8) is 0 Å². The van der Waals surface area contributed by atoms with Crippen LogP contribution in [0.3, 0.4) is 0 Å². The number of nitrogens with one attached hydrogen (secondary N) is 2. The van der Waals surface area contributed by atoms with Gasteiger partial charge in [0.05, 0.1) is 33.4 Å². The van der Waals surface area contributed by atoms with Crippen LogP contribution in [0.1, 0.15) is 12.5 Å². The lowest BCUT2D eigenvalue weighted by molar-refractivity contribution is -0.125. The van der Waals surface area contributed by atoms with E-state index in [0.717, 1.165) is 5.56 Å². The number of aromatic nitrogens is 2. The van der Waals surface area contributed by atoms with Crippen molar-refractivity contribution in [1.82, 2.24) is 9.78 Å². The number of ether oxygens (including phenoxy) is 3. The van der Waals surface area contributed by atoms with Crippen LogP contribution in [0.2, 0.25) is 0 Å². The summed E-state index contributed by atoms with van der Waals surface area (Å²) in [5, 5.41) is 10.2. The Morgan fingerprint density at radius 1 is 1.03 bits per heavy atom. The molecule has 9 nitrogen and oxygen atoms in total. The lowest BCUT2D eigenvalue weighted by atomic mass is 10.1. The van der Waals surface area contributed by atoms with E-state index in [1.165, 1.54) is 4.68 Å². The van der Waals surface area contributed by atoms with Gasteiger partial charge in [0.15, 0.2) is 11.5 Å². The average Bonchev–Trinajstić information content (AvgIpc) is 3.22. The fourth-order valence-electron chi connectivity index (χ4n) is 3.42. The lowest BCUT2D eigenvalue weighted by Crippen LogP contribution is -2.35. The molecular formula is C22H22N4O5. The molecule has 160 valence electrons. The van der Waals surface area contributed by atoms with Gasteiger partial charge in [0.1, 0.15) is 17.6 Å². The summed E-state index contributed by atoms with van der Waals surface area (Å²) in [6, 6.07) is 13.3. The maximum absolute atomic E-state index is 12.9. The molecule has 0 aliphatic carbocycles. The number of nitrogens with zero attached hydrogens (tertiary/aromatic N) is 2. The lowest BCUT2D eigenvalue weighted by Gasteiger charge is -2.23. The number of fused-ring (bicyclic) bond motifs is 1. The third-order valence-corrected chi connectivity index (χ3v) is 5.02. The first-order valence-corrected chi connectivity index (χ1v) is 9.59. The van der Waals surface area contributed by atoms with E-state index in [4.69, 9.17) is 14.2 Å². The SMILES string of the molecule is COc1ccc(NC(=O)[C@@H]2CC(=O)Nc3cc(-c4ccc(OC)c(OC)c4)nn32)cc1. The first-order valence-electron chi connectivity index (χ1n) is 9.59. The smallest absolute Gasteiger partial charge is 0.249 e. The van der Waals surface area contributed by atoms with Gasteiger partial charge in [-0.15, -0.1) is 0 Å². The highest BCUT2D eigenvalue weighted by atomic mass is 16.5. The number of anilines is 2. The van der Waals surface area contributed by atoms with Crippen LogP contribution in [0.15, 0.2) is 48.5 Å².